The number of hydrogen-bond acceptors (Lipinski definition) is 4. The van der Waals surface area contributed by atoms with Gasteiger partial charge in [0.1, 0.15) is 12.1 Å². The van der Waals surface area contributed by atoms with E-state index in [-0.39, 0.29) is 18.4 Å². The first-order valence-corrected chi connectivity index (χ1v) is 13.3. The molecule has 8 heteroatoms. The minimum atomic E-state index is -0.874. The molecule has 38 heavy (non-hydrogen) atoms. The van der Waals surface area contributed by atoms with Crippen LogP contribution in [0.15, 0.2) is 60.8 Å². The molecule has 4 aromatic rings. The van der Waals surface area contributed by atoms with Crippen LogP contribution in [-0.2, 0) is 36.0 Å². The summed E-state index contributed by atoms with van der Waals surface area (Å²) < 4.78 is 3.52. The number of benzene rings is 2. The number of amides is 2. The first-order valence-electron chi connectivity index (χ1n) is 13.3. The number of para-hydroxylation sites is 2. The number of carbonyl (C=O) groups excluding carboxylic acids is 2. The topological polar surface area (TPSA) is 85.1 Å². The van der Waals surface area contributed by atoms with Crippen molar-refractivity contribution in [2.24, 2.45) is 7.05 Å². The molecule has 2 heterocycles. The van der Waals surface area contributed by atoms with Crippen molar-refractivity contribution in [3.63, 3.8) is 0 Å². The Morgan fingerprint density at radius 2 is 1.66 bits per heavy atom. The van der Waals surface area contributed by atoms with Crippen molar-refractivity contribution in [2.75, 3.05) is 4.90 Å². The van der Waals surface area contributed by atoms with E-state index >= 15 is 0 Å². The number of rotatable bonds is 10. The van der Waals surface area contributed by atoms with Crippen molar-refractivity contribution in [3.05, 3.63) is 77.6 Å². The predicted molar refractivity (Wildman–Crippen MR) is 151 cm³/mol. The molecule has 0 aliphatic rings. The molecule has 2 amide bonds. The first kappa shape index (κ1) is 27.1. The predicted octanol–water partition coefficient (Wildman–Crippen LogP) is 4.97. The van der Waals surface area contributed by atoms with E-state index in [2.05, 4.69) is 29.5 Å². The molecule has 0 fully saturated rings. The number of fused-ring (bicyclic) bond motifs is 1. The van der Waals surface area contributed by atoms with Gasteiger partial charge in [-0.2, -0.15) is 0 Å². The summed E-state index contributed by atoms with van der Waals surface area (Å²) in [5.41, 5.74) is 4.62. The zero-order chi connectivity index (χ0) is 27.4. The van der Waals surface area contributed by atoms with E-state index in [1.165, 1.54) is 0 Å². The van der Waals surface area contributed by atoms with Gasteiger partial charge in [-0.1, -0.05) is 56.3 Å². The molecule has 2 aromatic carbocycles. The van der Waals surface area contributed by atoms with Crippen molar-refractivity contribution in [3.8, 4) is 0 Å². The highest BCUT2D eigenvalue weighted by molar-refractivity contribution is 6.02. The van der Waals surface area contributed by atoms with Crippen molar-refractivity contribution < 1.29 is 9.59 Å². The first-order chi connectivity index (χ1) is 18.2. The van der Waals surface area contributed by atoms with Gasteiger partial charge < -0.3 is 9.88 Å². The number of nitrogens with zero attached hydrogens (tertiary/aromatic N) is 5. The summed E-state index contributed by atoms with van der Waals surface area (Å²) in [6.45, 7) is 10.1. The van der Waals surface area contributed by atoms with Crippen molar-refractivity contribution in [2.45, 2.75) is 72.0 Å². The molecule has 0 bridgehead atoms. The Morgan fingerprint density at radius 1 is 0.974 bits per heavy atom. The van der Waals surface area contributed by atoms with Crippen molar-refractivity contribution >= 4 is 28.5 Å². The van der Waals surface area contributed by atoms with Crippen LogP contribution in [0.2, 0.25) is 0 Å². The third kappa shape index (κ3) is 5.35. The Labute approximate surface area is 224 Å². The molecule has 0 spiro atoms. The Morgan fingerprint density at radius 3 is 2.26 bits per heavy atom. The maximum atomic E-state index is 14.4. The normalized spacial score (nSPS) is 12.5. The van der Waals surface area contributed by atoms with Gasteiger partial charge in [-0.25, -0.2) is 4.68 Å². The number of carbonyl (C=O) groups is 2. The number of anilines is 1. The molecular formula is C30H38N6O2. The molecule has 0 unspecified atom stereocenters. The summed E-state index contributed by atoms with van der Waals surface area (Å²) in [4.78, 5) is 30.3. The third-order valence-electron chi connectivity index (χ3n) is 7.30. The van der Waals surface area contributed by atoms with Gasteiger partial charge in [-0.05, 0) is 68.5 Å². The average molecular weight is 515 g/mol. The van der Waals surface area contributed by atoms with Crippen LogP contribution >= 0.6 is 0 Å². The van der Waals surface area contributed by atoms with E-state index in [0.717, 1.165) is 52.8 Å². The van der Waals surface area contributed by atoms with Gasteiger partial charge in [-0.3, -0.25) is 14.5 Å². The molecule has 1 atom stereocenters. The van der Waals surface area contributed by atoms with Crippen molar-refractivity contribution in [1.29, 1.82) is 0 Å². The summed E-state index contributed by atoms with van der Waals surface area (Å²) in [7, 11) is 1.90. The quantitative estimate of drug-likeness (QED) is 0.324. The van der Waals surface area contributed by atoms with Crippen LogP contribution in [0.1, 0.15) is 63.9 Å². The number of nitrogens with one attached hydrogen (secondary N) is 1. The van der Waals surface area contributed by atoms with E-state index in [1.807, 2.05) is 93.2 Å². The Hall–Kier alpha value is -3.94. The SMILES string of the molecule is CCc1cccc(CC)c1N(C(=O)Cn1nnc2ccccc21)[C@H](C(=O)NC(C)(C)CC)c1cccn1C. The molecule has 1 N–H and O–H groups in total. The van der Waals surface area contributed by atoms with Gasteiger partial charge >= 0.3 is 0 Å². The lowest BCUT2D eigenvalue weighted by atomic mass is 9.97. The van der Waals surface area contributed by atoms with E-state index in [4.69, 9.17) is 0 Å². The largest absolute Gasteiger partial charge is 0.352 e. The molecule has 4 rings (SSSR count). The lowest BCUT2D eigenvalue weighted by molar-refractivity contribution is -0.128. The molecule has 200 valence electrons. The smallest absolute Gasteiger partial charge is 0.249 e. The summed E-state index contributed by atoms with van der Waals surface area (Å²) in [5, 5.41) is 11.7. The second kappa shape index (κ2) is 11.2. The third-order valence-corrected chi connectivity index (χ3v) is 7.30. The van der Waals surface area contributed by atoms with Crippen LogP contribution in [0.3, 0.4) is 0 Å². The van der Waals surface area contributed by atoms with Gasteiger partial charge in [0.25, 0.3) is 0 Å². The molecule has 0 aliphatic carbocycles. The standard InChI is InChI=1S/C30H38N6O2/c1-7-21-14-12-15-22(8-2)27(21)36(26(37)20-35-24-17-11-10-16-23(24)32-33-35)28(25-18-13-19-34(25)6)29(38)31-30(4,5)9-3/h10-19,28H,7-9,20H2,1-6H3,(H,31,38)/t28-/m0/s1. The summed E-state index contributed by atoms with van der Waals surface area (Å²) in [5.74, 6) is -0.449. The van der Waals surface area contributed by atoms with E-state index in [0.29, 0.717) is 0 Å². The Bertz CT molecular complexity index is 1410. The molecule has 0 saturated heterocycles. The fraction of sp³-hybridized carbons (Fsp3) is 0.400. The Kier molecular flexibility index (Phi) is 7.99. The second-order valence-electron chi connectivity index (χ2n) is 10.3. The zero-order valence-corrected chi connectivity index (χ0v) is 23.2. The summed E-state index contributed by atoms with van der Waals surface area (Å²) in [6.07, 6.45) is 4.10. The van der Waals surface area contributed by atoms with Crippen LogP contribution in [0.4, 0.5) is 5.69 Å². The number of aryl methyl sites for hydroxylation is 3. The molecule has 8 nitrogen and oxygen atoms in total. The molecule has 0 radical (unpaired) electrons. The Balaban J connectivity index is 1.91. The molecule has 0 saturated carbocycles. The van der Waals surface area contributed by atoms with Gasteiger partial charge in [0.15, 0.2) is 6.04 Å². The maximum Gasteiger partial charge on any atom is 0.249 e. The minimum Gasteiger partial charge on any atom is -0.352 e. The van der Waals surface area contributed by atoms with Gasteiger partial charge in [0.2, 0.25) is 11.8 Å². The second-order valence-corrected chi connectivity index (χ2v) is 10.3. The van der Waals surface area contributed by atoms with Crippen LogP contribution in [0, 0.1) is 0 Å². The molecule has 0 aliphatic heterocycles. The lowest BCUT2D eigenvalue weighted by Crippen LogP contribution is -2.51. The highest BCUT2D eigenvalue weighted by Crippen LogP contribution is 2.35. The number of aromatic nitrogens is 4. The molecule has 2 aromatic heterocycles. The highest BCUT2D eigenvalue weighted by Gasteiger charge is 2.38. The van der Waals surface area contributed by atoms with Gasteiger partial charge in [0, 0.05) is 18.8 Å². The van der Waals surface area contributed by atoms with E-state index in [1.54, 1.807) is 9.58 Å². The summed E-state index contributed by atoms with van der Waals surface area (Å²) in [6, 6.07) is 16.6. The van der Waals surface area contributed by atoms with Gasteiger partial charge in [-0.15, -0.1) is 5.10 Å². The monoisotopic (exact) mass is 514 g/mol. The van der Waals surface area contributed by atoms with Crippen LogP contribution in [-0.4, -0.2) is 36.9 Å². The highest BCUT2D eigenvalue weighted by atomic mass is 16.2. The average Bonchev–Trinajstić information content (AvgIpc) is 3.52. The van der Waals surface area contributed by atoms with Crippen LogP contribution in [0.25, 0.3) is 11.0 Å². The summed E-state index contributed by atoms with van der Waals surface area (Å²) >= 11 is 0. The van der Waals surface area contributed by atoms with Crippen LogP contribution in [0.5, 0.6) is 0 Å². The number of hydrogen-bond donors (Lipinski definition) is 1. The fourth-order valence-corrected chi connectivity index (χ4v) is 4.79. The lowest BCUT2D eigenvalue weighted by Gasteiger charge is -2.36. The van der Waals surface area contributed by atoms with Crippen LogP contribution < -0.4 is 10.2 Å². The van der Waals surface area contributed by atoms with Crippen molar-refractivity contribution in [1.82, 2.24) is 24.9 Å². The fourth-order valence-electron chi connectivity index (χ4n) is 4.79. The zero-order valence-electron chi connectivity index (χ0n) is 23.2. The minimum absolute atomic E-state index is 0.0485. The van der Waals surface area contributed by atoms with E-state index < -0.39 is 11.6 Å². The van der Waals surface area contributed by atoms with Gasteiger partial charge in [0.05, 0.1) is 16.9 Å². The maximum absolute atomic E-state index is 14.4. The molecular weight excluding hydrogens is 476 g/mol. The van der Waals surface area contributed by atoms with E-state index in [9.17, 15) is 9.59 Å².